The summed E-state index contributed by atoms with van der Waals surface area (Å²) < 4.78 is 46.2. The lowest BCUT2D eigenvalue weighted by atomic mass is 10.3. The second kappa shape index (κ2) is 5.51. The second-order valence-corrected chi connectivity index (χ2v) is 5.18. The van der Waals surface area contributed by atoms with Crippen molar-refractivity contribution >= 4 is 16.8 Å². The van der Waals surface area contributed by atoms with Crippen molar-refractivity contribution in [1.29, 1.82) is 0 Å². The van der Waals surface area contributed by atoms with E-state index in [0.29, 0.717) is 17.9 Å². The minimum Gasteiger partial charge on any atom is -0.338 e. The van der Waals surface area contributed by atoms with E-state index in [9.17, 15) is 22.2 Å². The highest BCUT2D eigenvalue weighted by Crippen LogP contribution is 2.18. The molecule has 8 heteroatoms. The van der Waals surface area contributed by atoms with E-state index in [0.717, 1.165) is 0 Å². The first-order valence-electron chi connectivity index (χ1n) is 4.83. The lowest BCUT2D eigenvalue weighted by Crippen LogP contribution is -2.43. The molecule has 1 aliphatic rings. The van der Waals surface area contributed by atoms with E-state index in [2.05, 4.69) is 10.6 Å². The molecule has 0 bridgehead atoms. The highest BCUT2D eigenvalue weighted by molar-refractivity contribution is 7.85. The summed E-state index contributed by atoms with van der Waals surface area (Å²) in [5.41, 5.74) is 0. The Morgan fingerprint density at radius 2 is 2.12 bits per heavy atom. The van der Waals surface area contributed by atoms with Crippen molar-refractivity contribution in [3.05, 3.63) is 0 Å². The Hall–Kier alpha value is -0.790. The molecule has 0 aromatic carbocycles. The minimum absolute atomic E-state index is 0.188. The van der Waals surface area contributed by atoms with Crippen LogP contribution in [0.5, 0.6) is 0 Å². The lowest BCUT2D eigenvalue weighted by Gasteiger charge is -2.12. The molecule has 0 aromatic heterocycles. The quantitative estimate of drug-likeness (QED) is 0.785. The van der Waals surface area contributed by atoms with E-state index in [1.807, 2.05) is 0 Å². The number of hydrogen-bond donors (Lipinski definition) is 2. The Bertz CT molecular complexity index is 283. The molecule has 0 aliphatic carbocycles. The highest BCUT2D eigenvalue weighted by atomic mass is 32.2. The fraction of sp³-hybridized carbons (Fsp3) is 0.875. The summed E-state index contributed by atoms with van der Waals surface area (Å²) in [5, 5.41) is 4.60. The molecule has 0 aromatic rings. The fourth-order valence-corrected chi connectivity index (χ4v) is 2.75. The van der Waals surface area contributed by atoms with Gasteiger partial charge in [0.15, 0.2) is 0 Å². The maximum Gasteiger partial charge on any atom is 0.390 e. The summed E-state index contributed by atoms with van der Waals surface area (Å²) >= 11 is 0. The lowest BCUT2D eigenvalue weighted by molar-refractivity contribution is -0.132. The Balaban J connectivity index is 2.14. The largest absolute Gasteiger partial charge is 0.390 e. The molecule has 2 atom stereocenters. The van der Waals surface area contributed by atoms with Gasteiger partial charge in [0, 0.05) is 34.9 Å². The molecular formula is C8H13F3N2O2S. The van der Waals surface area contributed by atoms with E-state index >= 15 is 0 Å². The van der Waals surface area contributed by atoms with Crippen LogP contribution < -0.4 is 10.6 Å². The molecule has 1 heterocycles. The Labute approximate surface area is 93.4 Å². The second-order valence-electron chi connectivity index (χ2n) is 3.56. The molecule has 2 unspecified atom stereocenters. The molecule has 0 saturated carbocycles. The van der Waals surface area contributed by atoms with E-state index in [1.54, 1.807) is 0 Å². The van der Waals surface area contributed by atoms with Gasteiger partial charge in [0.05, 0.1) is 6.42 Å². The van der Waals surface area contributed by atoms with Gasteiger partial charge in [-0.15, -0.1) is 0 Å². The number of urea groups is 1. The number of alkyl halides is 3. The number of hydrogen-bond acceptors (Lipinski definition) is 2. The van der Waals surface area contributed by atoms with Gasteiger partial charge in [-0.25, -0.2) is 4.79 Å². The molecule has 94 valence electrons. The van der Waals surface area contributed by atoms with Crippen LogP contribution in [0.4, 0.5) is 18.0 Å². The number of rotatable bonds is 3. The van der Waals surface area contributed by atoms with Crippen LogP contribution in [0.25, 0.3) is 0 Å². The SMILES string of the molecule is O=C(NCCC(F)(F)F)NC1CCS(=O)C1. The normalized spacial score (nSPS) is 25.4. The minimum atomic E-state index is -4.26. The molecule has 1 fully saturated rings. The Morgan fingerprint density at radius 3 is 2.62 bits per heavy atom. The summed E-state index contributed by atoms with van der Waals surface area (Å²) in [5.74, 6) is 0.917. The smallest absolute Gasteiger partial charge is 0.338 e. The van der Waals surface area contributed by atoms with Crippen molar-refractivity contribution in [2.45, 2.75) is 25.1 Å². The maximum absolute atomic E-state index is 11.8. The van der Waals surface area contributed by atoms with Crippen LogP contribution in [0.3, 0.4) is 0 Å². The van der Waals surface area contributed by atoms with Crippen LogP contribution in [-0.4, -0.2) is 40.5 Å². The molecule has 2 N–H and O–H groups in total. The zero-order valence-corrected chi connectivity index (χ0v) is 9.29. The third kappa shape index (κ3) is 5.34. The van der Waals surface area contributed by atoms with Crippen molar-refractivity contribution in [1.82, 2.24) is 10.6 Å². The number of carbonyl (C=O) groups is 1. The number of amides is 2. The predicted octanol–water partition coefficient (Wildman–Crippen LogP) is 0.759. The van der Waals surface area contributed by atoms with Crippen LogP contribution >= 0.6 is 0 Å². The predicted molar refractivity (Wildman–Crippen MR) is 53.5 cm³/mol. The monoisotopic (exact) mass is 258 g/mol. The zero-order valence-electron chi connectivity index (χ0n) is 8.47. The van der Waals surface area contributed by atoms with Crippen molar-refractivity contribution in [2.24, 2.45) is 0 Å². The molecule has 2 amide bonds. The van der Waals surface area contributed by atoms with Gasteiger partial charge in [-0.2, -0.15) is 13.2 Å². The van der Waals surface area contributed by atoms with Gasteiger partial charge >= 0.3 is 12.2 Å². The van der Waals surface area contributed by atoms with Crippen LogP contribution in [-0.2, 0) is 10.8 Å². The maximum atomic E-state index is 11.8. The third-order valence-corrected chi connectivity index (χ3v) is 3.58. The van der Waals surface area contributed by atoms with Gasteiger partial charge in [0.25, 0.3) is 0 Å². The average Bonchev–Trinajstić information content (AvgIpc) is 2.48. The molecule has 1 saturated heterocycles. The molecule has 0 spiro atoms. The third-order valence-electron chi connectivity index (χ3n) is 2.11. The van der Waals surface area contributed by atoms with Crippen molar-refractivity contribution in [3.63, 3.8) is 0 Å². The first-order valence-corrected chi connectivity index (χ1v) is 6.32. The number of carbonyl (C=O) groups excluding carboxylic acids is 1. The van der Waals surface area contributed by atoms with E-state index in [4.69, 9.17) is 0 Å². The first-order chi connectivity index (χ1) is 7.37. The van der Waals surface area contributed by atoms with Gasteiger partial charge in [0.1, 0.15) is 0 Å². The number of halogens is 3. The Kier molecular flexibility index (Phi) is 4.57. The standard InChI is InChI=1S/C8H13F3N2O2S/c9-8(10,11)2-3-12-7(14)13-6-1-4-16(15)5-6/h6H,1-5H2,(H2,12,13,14). The van der Waals surface area contributed by atoms with Crippen molar-refractivity contribution in [2.75, 3.05) is 18.1 Å². The van der Waals surface area contributed by atoms with Crippen LogP contribution in [0.2, 0.25) is 0 Å². The fourth-order valence-electron chi connectivity index (χ4n) is 1.33. The first kappa shape index (κ1) is 13.3. The molecule has 0 radical (unpaired) electrons. The summed E-state index contributed by atoms with van der Waals surface area (Å²) in [4.78, 5) is 11.1. The summed E-state index contributed by atoms with van der Waals surface area (Å²) in [7, 11) is -0.912. The van der Waals surface area contributed by atoms with E-state index < -0.39 is 36.0 Å². The van der Waals surface area contributed by atoms with Gasteiger partial charge in [-0.3, -0.25) is 4.21 Å². The van der Waals surface area contributed by atoms with Gasteiger partial charge < -0.3 is 10.6 Å². The van der Waals surface area contributed by atoms with Crippen LogP contribution in [0.1, 0.15) is 12.8 Å². The summed E-state index contributed by atoms with van der Waals surface area (Å²) in [6.45, 7) is -0.439. The molecule has 4 nitrogen and oxygen atoms in total. The zero-order chi connectivity index (χ0) is 12.2. The topological polar surface area (TPSA) is 58.2 Å². The van der Waals surface area contributed by atoms with Crippen molar-refractivity contribution in [3.8, 4) is 0 Å². The molecule has 1 aliphatic heterocycles. The average molecular weight is 258 g/mol. The van der Waals surface area contributed by atoms with E-state index in [-0.39, 0.29) is 6.04 Å². The van der Waals surface area contributed by atoms with Crippen LogP contribution in [0.15, 0.2) is 0 Å². The van der Waals surface area contributed by atoms with Gasteiger partial charge in [-0.05, 0) is 6.42 Å². The Morgan fingerprint density at radius 1 is 1.44 bits per heavy atom. The van der Waals surface area contributed by atoms with Gasteiger partial charge in [-0.1, -0.05) is 0 Å². The summed E-state index contributed by atoms with van der Waals surface area (Å²) in [6, 6.07) is -0.820. The number of nitrogens with one attached hydrogen (secondary N) is 2. The van der Waals surface area contributed by atoms with Crippen LogP contribution in [0, 0.1) is 0 Å². The van der Waals surface area contributed by atoms with E-state index in [1.165, 1.54) is 0 Å². The molecule has 1 rings (SSSR count). The van der Waals surface area contributed by atoms with Gasteiger partial charge in [0.2, 0.25) is 0 Å². The molecule has 16 heavy (non-hydrogen) atoms. The molecular weight excluding hydrogens is 245 g/mol. The summed E-state index contributed by atoms with van der Waals surface area (Å²) in [6.07, 6.45) is -4.70. The highest BCUT2D eigenvalue weighted by Gasteiger charge is 2.27. The van der Waals surface area contributed by atoms with Crippen molar-refractivity contribution < 1.29 is 22.2 Å².